The van der Waals surface area contributed by atoms with Gasteiger partial charge in [0, 0.05) is 5.56 Å². The summed E-state index contributed by atoms with van der Waals surface area (Å²) in [5.41, 5.74) is 1.28. The average Bonchev–Trinajstić information content (AvgIpc) is 2.53. The van der Waals surface area contributed by atoms with Crippen molar-refractivity contribution in [2.24, 2.45) is 0 Å². The highest BCUT2D eigenvalue weighted by atomic mass is 16.3. The summed E-state index contributed by atoms with van der Waals surface area (Å²) in [5.74, 6) is -0.424. The minimum absolute atomic E-state index is 0.0788. The van der Waals surface area contributed by atoms with Crippen molar-refractivity contribution in [1.82, 2.24) is 0 Å². The van der Waals surface area contributed by atoms with Gasteiger partial charge >= 0.3 is 0 Å². The van der Waals surface area contributed by atoms with Crippen LogP contribution in [0.3, 0.4) is 0 Å². The lowest BCUT2D eigenvalue weighted by Crippen LogP contribution is -2.01. The minimum atomic E-state index is -0.339. The maximum atomic E-state index is 11.7. The lowest BCUT2D eigenvalue weighted by atomic mass is 10.1. The number of hydrogen-bond donors (Lipinski definition) is 2. The van der Waals surface area contributed by atoms with Crippen molar-refractivity contribution in [3.05, 3.63) is 71.8 Å². The number of carbonyl (C=O) groups excluding carboxylic acids is 2. The number of aromatic hydroxyl groups is 2. The maximum Gasteiger partial charge on any atom is 0.163 e. The van der Waals surface area contributed by atoms with Crippen molar-refractivity contribution in [2.45, 2.75) is 6.42 Å². The van der Waals surface area contributed by atoms with Crippen LogP contribution < -0.4 is 0 Å². The number of allylic oxidation sites excluding steroid dienone is 2. The normalized spacial score (nSPS) is 11.1. The number of ketones is 2. The number of hydrogen-bond acceptors (Lipinski definition) is 4. The second kappa shape index (κ2) is 7.75. The molecule has 0 heterocycles. The van der Waals surface area contributed by atoms with Crippen molar-refractivity contribution in [3.8, 4) is 11.5 Å². The Morgan fingerprint density at radius 3 is 2.09 bits per heavy atom. The fourth-order valence-corrected chi connectivity index (χ4v) is 1.88. The summed E-state index contributed by atoms with van der Waals surface area (Å²) in [6.07, 6.45) is 5.44. The molecule has 4 nitrogen and oxygen atoms in total. The first-order valence-corrected chi connectivity index (χ1v) is 7.03. The predicted octanol–water partition coefficient (Wildman–Crippen LogP) is 3.35. The van der Waals surface area contributed by atoms with Gasteiger partial charge in [0.1, 0.15) is 11.5 Å². The topological polar surface area (TPSA) is 74.6 Å². The van der Waals surface area contributed by atoms with E-state index in [1.54, 1.807) is 36.4 Å². The van der Waals surface area contributed by atoms with Crippen molar-refractivity contribution < 1.29 is 19.8 Å². The number of para-hydroxylation sites is 1. The molecule has 0 aromatic heterocycles. The SMILES string of the molecule is O=C(/C=C/c1ccc(O)cc1)CC(=O)/C=C/c1ccccc1O. The summed E-state index contributed by atoms with van der Waals surface area (Å²) in [5, 5.41) is 18.7. The zero-order valence-corrected chi connectivity index (χ0v) is 12.3. The Labute approximate surface area is 134 Å². The van der Waals surface area contributed by atoms with E-state index in [0.29, 0.717) is 5.56 Å². The molecule has 23 heavy (non-hydrogen) atoms. The molecule has 116 valence electrons. The van der Waals surface area contributed by atoms with E-state index in [1.807, 2.05) is 0 Å². The van der Waals surface area contributed by atoms with Gasteiger partial charge in [0.05, 0.1) is 6.42 Å². The fourth-order valence-electron chi connectivity index (χ4n) is 1.88. The standard InChI is InChI=1S/C19H16O4/c20-16-9-5-14(6-10-16)7-11-17(21)13-18(22)12-8-15-3-1-2-4-19(15)23/h1-12,20,23H,13H2/b11-7+,12-8+. The minimum Gasteiger partial charge on any atom is -0.508 e. The van der Waals surface area contributed by atoms with Crippen LogP contribution in [0.15, 0.2) is 60.7 Å². The molecular formula is C19H16O4. The van der Waals surface area contributed by atoms with E-state index < -0.39 is 0 Å². The molecule has 0 bridgehead atoms. The zero-order chi connectivity index (χ0) is 16.7. The molecule has 2 N–H and O–H groups in total. The molecule has 0 aliphatic heterocycles. The van der Waals surface area contributed by atoms with Crippen LogP contribution in [-0.4, -0.2) is 21.8 Å². The third-order valence-corrected chi connectivity index (χ3v) is 3.09. The van der Waals surface area contributed by atoms with Gasteiger partial charge in [0.2, 0.25) is 0 Å². The Hall–Kier alpha value is -3.14. The summed E-state index contributed by atoms with van der Waals surface area (Å²) in [6, 6.07) is 13.0. The highest BCUT2D eigenvalue weighted by Gasteiger charge is 2.04. The Kier molecular flexibility index (Phi) is 5.47. The highest BCUT2D eigenvalue weighted by Crippen LogP contribution is 2.17. The van der Waals surface area contributed by atoms with Crippen LogP contribution in [0, 0.1) is 0 Å². The van der Waals surface area contributed by atoms with Crippen LogP contribution in [0.1, 0.15) is 17.5 Å². The van der Waals surface area contributed by atoms with Gasteiger partial charge in [-0.1, -0.05) is 36.4 Å². The van der Waals surface area contributed by atoms with E-state index in [2.05, 4.69) is 0 Å². The quantitative estimate of drug-likeness (QED) is 0.634. The summed E-state index contributed by atoms with van der Waals surface area (Å²) >= 11 is 0. The van der Waals surface area contributed by atoms with Gasteiger partial charge in [-0.2, -0.15) is 0 Å². The Morgan fingerprint density at radius 2 is 1.43 bits per heavy atom. The van der Waals surface area contributed by atoms with E-state index in [-0.39, 0.29) is 29.5 Å². The Bertz CT molecular complexity index is 755. The molecule has 2 aromatic rings. The van der Waals surface area contributed by atoms with Gasteiger partial charge in [-0.3, -0.25) is 9.59 Å². The fraction of sp³-hybridized carbons (Fsp3) is 0.0526. The largest absolute Gasteiger partial charge is 0.508 e. The molecule has 0 saturated heterocycles. The molecule has 0 unspecified atom stereocenters. The molecule has 0 aliphatic rings. The molecule has 0 radical (unpaired) electrons. The van der Waals surface area contributed by atoms with E-state index in [0.717, 1.165) is 5.56 Å². The molecule has 0 spiro atoms. The number of carbonyl (C=O) groups is 2. The lowest BCUT2D eigenvalue weighted by Gasteiger charge is -1.97. The van der Waals surface area contributed by atoms with Gasteiger partial charge < -0.3 is 10.2 Å². The molecule has 2 rings (SSSR count). The van der Waals surface area contributed by atoms with Gasteiger partial charge in [0.15, 0.2) is 11.6 Å². The molecule has 0 atom stereocenters. The molecular weight excluding hydrogens is 292 g/mol. The molecule has 4 heteroatoms. The molecule has 2 aromatic carbocycles. The van der Waals surface area contributed by atoms with Gasteiger partial charge in [-0.05, 0) is 42.0 Å². The van der Waals surface area contributed by atoms with E-state index >= 15 is 0 Å². The number of phenols is 2. The van der Waals surface area contributed by atoms with Gasteiger partial charge in [0.25, 0.3) is 0 Å². The van der Waals surface area contributed by atoms with Crippen LogP contribution in [0.5, 0.6) is 11.5 Å². The third kappa shape index (κ3) is 5.28. The first kappa shape index (κ1) is 16.2. The van der Waals surface area contributed by atoms with Crippen LogP contribution in [0.4, 0.5) is 0 Å². The number of benzene rings is 2. The van der Waals surface area contributed by atoms with Crippen LogP contribution in [0.2, 0.25) is 0 Å². The monoisotopic (exact) mass is 308 g/mol. The lowest BCUT2D eigenvalue weighted by molar-refractivity contribution is -0.121. The van der Waals surface area contributed by atoms with Crippen LogP contribution in [0.25, 0.3) is 12.2 Å². The molecule has 0 aliphatic carbocycles. The van der Waals surface area contributed by atoms with E-state index in [4.69, 9.17) is 5.11 Å². The zero-order valence-electron chi connectivity index (χ0n) is 12.3. The Balaban J connectivity index is 1.91. The van der Waals surface area contributed by atoms with E-state index in [1.165, 1.54) is 36.4 Å². The summed E-state index contributed by atoms with van der Waals surface area (Å²) in [7, 11) is 0. The first-order chi connectivity index (χ1) is 11.0. The predicted molar refractivity (Wildman–Crippen MR) is 88.9 cm³/mol. The van der Waals surface area contributed by atoms with Crippen molar-refractivity contribution in [2.75, 3.05) is 0 Å². The molecule has 0 amide bonds. The highest BCUT2D eigenvalue weighted by molar-refractivity contribution is 6.10. The van der Waals surface area contributed by atoms with Gasteiger partial charge in [-0.15, -0.1) is 0 Å². The number of phenolic OH excluding ortho intramolecular Hbond substituents is 2. The third-order valence-electron chi connectivity index (χ3n) is 3.09. The van der Waals surface area contributed by atoms with Crippen molar-refractivity contribution in [3.63, 3.8) is 0 Å². The van der Waals surface area contributed by atoms with Crippen LogP contribution in [-0.2, 0) is 9.59 Å². The second-order valence-corrected chi connectivity index (χ2v) is 4.93. The van der Waals surface area contributed by atoms with E-state index in [9.17, 15) is 14.7 Å². The molecule has 0 saturated carbocycles. The maximum absolute atomic E-state index is 11.7. The first-order valence-electron chi connectivity index (χ1n) is 7.03. The summed E-state index contributed by atoms with van der Waals surface area (Å²) in [6.45, 7) is 0. The average molecular weight is 308 g/mol. The molecule has 0 fully saturated rings. The van der Waals surface area contributed by atoms with Crippen molar-refractivity contribution in [1.29, 1.82) is 0 Å². The van der Waals surface area contributed by atoms with Crippen LogP contribution >= 0.6 is 0 Å². The van der Waals surface area contributed by atoms with Gasteiger partial charge in [-0.25, -0.2) is 0 Å². The summed E-state index contributed by atoms with van der Waals surface area (Å²) in [4.78, 5) is 23.5. The Morgan fingerprint density at radius 1 is 0.826 bits per heavy atom. The number of rotatable bonds is 6. The summed E-state index contributed by atoms with van der Waals surface area (Å²) < 4.78 is 0. The van der Waals surface area contributed by atoms with Crippen molar-refractivity contribution >= 4 is 23.7 Å². The second-order valence-electron chi connectivity index (χ2n) is 4.93. The smallest absolute Gasteiger partial charge is 0.163 e.